The van der Waals surface area contributed by atoms with E-state index in [1.165, 1.54) is 0 Å². The summed E-state index contributed by atoms with van der Waals surface area (Å²) in [5.74, 6) is -0.523. The molecule has 0 bridgehead atoms. The molecule has 0 spiro atoms. The van der Waals surface area contributed by atoms with Crippen LogP contribution in [0.4, 0.5) is 0 Å². The van der Waals surface area contributed by atoms with Crippen molar-refractivity contribution >= 4 is 11.8 Å². The van der Waals surface area contributed by atoms with E-state index < -0.39 is 0 Å². The number of carbonyl (C=O) groups excluding carboxylic acids is 2. The van der Waals surface area contributed by atoms with Gasteiger partial charge in [-0.3, -0.25) is 4.79 Å². The van der Waals surface area contributed by atoms with Crippen molar-refractivity contribution in [3.8, 4) is 0 Å². The second-order valence-corrected chi connectivity index (χ2v) is 6.67. The summed E-state index contributed by atoms with van der Waals surface area (Å²) < 4.78 is 5.49. The van der Waals surface area contributed by atoms with Crippen molar-refractivity contribution in [3.05, 3.63) is 58.4 Å². The smallest absolute Gasteiger partial charge is 0.336 e. The molecule has 0 aromatic heterocycles. The highest BCUT2D eigenvalue weighted by molar-refractivity contribution is 6.03. The third-order valence-corrected chi connectivity index (χ3v) is 4.86. The van der Waals surface area contributed by atoms with E-state index >= 15 is 0 Å². The van der Waals surface area contributed by atoms with Crippen LogP contribution in [0.2, 0.25) is 0 Å². The molecule has 1 N–H and O–H groups in total. The molecule has 0 radical (unpaired) electrons. The van der Waals surface area contributed by atoms with E-state index in [0.29, 0.717) is 18.6 Å². The van der Waals surface area contributed by atoms with Crippen LogP contribution < -0.4 is 5.32 Å². The number of carbonyl (C=O) groups is 2. The number of hydrogen-bond acceptors (Lipinski definition) is 4. The van der Waals surface area contributed by atoms with Gasteiger partial charge in [0.1, 0.15) is 0 Å². The van der Waals surface area contributed by atoms with Crippen LogP contribution in [-0.4, -0.2) is 18.4 Å². The topological polar surface area (TPSA) is 55.4 Å². The monoisotopic (exact) mass is 339 g/mol. The van der Waals surface area contributed by atoms with Crippen molar-refractivity contribution in [2.75, 3.05) is 6.61 Å². The molecule has 1 aliphatic heterocycles. The fraction of sp³-hybridized carbons (Fsp3) is 0.429. The minimum atomic E-state index is -0.334. The van der Waals surface area contributed by atoms with Gasteiger partial charge in [-0.25, -0.2) is 4.79 Å². The Bertz CT molecular complexity index is 731. The maximum absolute atomic E-state index is 12.8. The number of rotatable bonds is 5. The molecule has 0 unspecified atom stereocenters. The summed E-state index contributed by atoms with van der Waals surface area (Å²) in [5, 5.41) is 3.31. The zero-order chi connectivity index (χ0) is 17.8. The van der Waals surface area contributed by atoms with Crippen molar-refractivity contribution in [2.45, 2.75) is 51.9 Å². The third kappa shape index (κ3) is 3.53. The molecule has 4 heteroatoms. The van der Waals surface area contributed by atoms with Crippen molar-refractivity contribution in [2.24, 2.45) is 0 Å². The number of ether oxygens (including phenoxy) is 1. The standard InChI is InChI=1S/C21H25NO3/c1-3-4-13-25-21(24)18-14(2)22-16-11-8-12-17(23)20(16)19(18)15-9-6-5-7-10-15/h5-7,9-10,19,22H,3-4,8,11-13H2,1-2H3/t19-/m0/s1. The number of allylic oxidation sites excluding steroid dienone is 3. The summed E-state index contributed by atoms with van der Waals surface area (Å²) >= 11 is 0. The van der Waals surface area contributed by atoms with E-state index in [-0.39, 0.29) is 17.7 Å². The minimum Gasteiger partial charge on any atom is -0.462 e. The molecule has 3 rings (SSSR count). The summed E-state index contributed by atoms with van der Waals surface area (Å²) in [4.78, 5) is 25.5. The molecule has 2 aliphatic rings. The predicted molar refractivity (Wildman–Crippen MR) is 96.8 cm³/mol. The second-order valence-electron chi connectivity index (χ2n) is 6.67. The summed E-state index contributed by atoms with van der Waals surface area (Å²) in [7, 11) is 0. The zero-order valence-electron chi connectivity index (χ0n) is 14.9. The van der Waals surface area contributed by atoms with Gasteiger partial charge < -0.3 is 10.1 Å². The Morgan fingerprint density at radius 3 is 2.72 bits per heavy atom. The lowest BCUT2D eigenvalue weighted by molar-refractivity contribution is -0.139. The first-order chi connectivity index (χ1) is 12.1. The van der Waals surface area contributed by atoms with Crippen LogP contribution in [0.5, 0.6) is 0 Å². The maximum Gasteiger partial charge on any atom is 0.336 e. The Balaban J connectivity index is 2.02. The first kappa shape index (κ1) is 17.5. The Morgan fingerprint density at radius 1 is 1.24 bits per heavy atom. The molecule has 1 atom stereocenters. The molecule has 132 valence electrons. The average Bonchev–Trinajstić information content (AvgIpc) is 2.61. The molecule has 1 aromatic carbocycles. The van der Waals surface area contributed by atoms with Crippen LogP contribution in [0.15, 0.2) is 52.9 Å². The normalized spacial score (nSPS) is 20.2. The van der Waals surface area contributed by atoms with Crippen LogP contribution in [0, 0.1) is 0 Å². The first-order valence-corrected chi connectivity index (χ1v) is 9.09. The summed E-state index contributed by atoms with van der Waals surface area (Å²) in [6.07, 6.45) is 4.06. The molecule has 1 aliphatic carbocycles. The molecular weight excluding hydrogens is 314 g/mol. The molecule has 1 heterocycles. The van der Waals surface area contributed by atoms with Crippen molar-refractivity contribution < 1.29 is 14.3 Å². The van der Waals surface area contributed by atoms with E-state index in [0.717, 1.165) is 48.2 Å². The Hall–Kier alpha value is -2.36. The number of hydrogen-bond donors (Lipinski definition) is 1. The van der Waals surface area contributed by atoms with E-state index in [4.69, 9.17) is 4.74 Å². The van der Waals surface area contributed by atoms with Crippen molar-refractivity contribution in [1.82, 2.24) is 5.32 Å². The lowest BCUT2D eigenvalue weighted by Crippen LogP contribution is -2.34. The molecule has 0 saturated carbocycles. The summed E-state index contributed by atoms with van der Waals surface area (Å²) in [6.45, 7) is 4.37. The summed E-state index contributed by atoms with van der Waals surface area (Å²) in [5.41, 5.74) is 4.03. The fourth-order valence-electron chi connectivity index (χ4n) is 3.62. The van der Waals surface area contributed by atoms with Gasteiger partial charge in [0.15, 0.2) is 5.78 Å². The quantitative estimate of drug-likeness (QED) is 0.651. The van der Waals surface area contributed by atoms with Crippen LogP contribution >= 0.6 is 0 Å². The Morgan fingerprint density at radius 2 is 2.00 bits per heavy atom. The number of dihydropyridines is 1. The highest BCUT2D eigenvalue weighted by Gasteiger charge is 2.38. The third-order valence-electron chi connectivity index (χ3n) is 4.86. The van der Waals surface area contributed by atoms with Crippen LogP contribution in [0.25, 0.3) is 0 Å². The van der Waals surface area contributed by atoms with Gasteiger partial charge in [-0.1, -0.05) is 43.7 Å². The number of Topliss-reactive ketones (excluding diaryl/α,β-unsaturated/α-hetero) is 1. The van der Waals surface area contributed by atoms with E-state index in [1.54, 1.807) is 0 Å². The van der Waals surface area contributed by atoms with E-state index in [9.17, 15) is 9.59 Å². The van der Waals surface area contributed by atoms with Gasteiger partial charge in [0, 0.05) is 29.3 Å². The van der Waals surface area contributed by atoms with E-state index in [2.05, 4.69) is 12.2 Å². The van der Waals surface area contributed by atoms with Gasteiger partial charge in [-0.2, -0.15) is 0 Å². The highest BCUT2D eigenvalue weighted by Crippen LogP contribution is 2.42. The van der Waals surface area contributed by atoms with Crippen LogP contribution in [0.1, 0.15) is 57.4 Å². The largest absolute Gasteiger partial charge is 0.462 e. The number of unbranched alkanes of at least 4 members (excludes halogenated alkanes) is 1. The van der Waals surface area contributed by atoms with Crippen LogP contribution in [-0.2, 0) is 14.3 Å². The van der Waals surface area contributed by atoms with Crippen LogP contribution in [0.3, 0.4) is 0 Å². The molecule has 0 saturated heterocycles. The summed E-state index contributed by atoms with van der Waals surface area (Å²) in [6, 6.07) is 9.79. The molecule has 4 nitrogen and oxygen atoms in total. The predicted octanol–water partition coefficient (Wildman–Crippen LogP) is 4.00. The van der Waals surface area contributed by atoms with Gasteiger partial charge in [0.2, 0.25) is 0 Å². The zero-order valence-corrected chi connectivity index (χ0v) is 14.9. The molecular formula is C21H25NO3. The van der Waals surface area contributed by atoms with Crippen molar-refractivity contribution in [1.29, 1.82) is 0 Å². The number of nitrogens with one attached hydrogen (secondary N) is 1. The number of benzene rings is 1. The molecule has 0 amide bonds. The van der Waals surface area contributed by atoms with Gasteiger partial charge in [-0.15, -0.1) is 0 Å². The molecule has 25 heavy (non-hydrogen) atoms. The van der Waals surface area contributed by atoms with Gasteiger partial charge >= 0.3 is 5.97 Å². The maximum atomic E-state index is 12.8. The molecule has 1 aromatic rings. The first-order valence-electron chi connectivity index (χ1n) is 9.09. The van der Waals surface area contributed by atoms with Gasteiger partial charge in [-0.05, 0) is 31.7 Å². The van der Waals surface area contributed by atoms with Gasteiger partial charge in [0.05, 0.1) is 12.2 Å². The minimum absolute atomic E-state index is 0.133. The lowest BCUT2D eigenvalue weighted by atomic mass is 9.75. The number of esters is 1. The lowest BCUT2D eigenvalue weighted by Gasteiger charge is -2.34. The van der Waals surface area contributed by atoms with Gasteiger partial charge in [0.25, 0.3) is 0 Å². The Labute approximate surface area is 149 Å². The van der Waals surface area contributed by atoms with Crippen molar-refractivity contribution in [3.63, 3.8) is 0 Å². The second kappa shape index (κ2) is 7.68. The fourth-order valence-corrected chi connectivity index (χ4v) is 3.62. The number of ketones is 1. The SMILES string of the molecule is CCCCOC(=O)C1=C(C)NC2=C(C(=O)CCC2)[C@H]1c1ccccc1. The Kier molecular flexibility index (Phi) is 5.37. The average molecular weight is 339 g/mol. The van der Waals surface area contributed by atoms with E-state index in [1.807, 2.05) is 37.3 Å². The molecule has 0 fully saturated rings. The highest BCUT2D eigenvalue weighted by atomic mass is 16.5.